The fraction of sp³-hybridized carbons (Fsp3) is 0.412. The fourth-order valence-electron chi connectivity index (χ4n) is 2.31. The van der Waals surface area contributed by atoms with E-state index in [2.05, 4.69) is 36.3 Å². The quantitative estimate of drug-likeness (QED) is 0.825. The van der Waals surface area contributed by atoms with Gasteiger partial charge in [0.15, 0.2) is 0 Å². The SMILES string of the molecule is CC(C)CC(CN)NC(=O)c1csc(Cc2ccccc2)n1. The standard InChI is InChI=1S/C17H23N3OS/c1-12(2)8-14(10-18)19-17(21)15-11-22-16(20-15)9-13-6-4-3-5-7-13/h3-7,11-12,14H,8-10,18H2,1-2H3,(H,19,21). The van der Waals surface area contributed by atoms with E-state index in [0.29, 0.717) is 18.2 Å². The highest BCUT2D eigenvalue weighted by Crippen LogP contribution is 2.15. The summed E-state index contributed by atoms with van der Waals surface area (Å²) in [6.07, 6.45) is 1.63. The number of hydrogen-bond donors (Lipinski definition) is 2. The van der Waals surface area contributed by atoms with Gasteiger partial charge in [-0.3, -0.25) is 4.79 Å². The van der Waals surface area contributed by atoms with Gasteiger partial charge in [0.2, 0.25) is 0 Å². The highest BCUT2D eigenvalue weighted by molar-refractivity contribution is 7.09. The van der Waals surface area contributed by atoms with E-state index in [-0.39, 0.29) is 11.9 Å². The molecule has 1 aromatic carbocycles. The lowest BCUT2D eigenvalue weighted by molar-refractivity contribution is 0.0929. The maximum atomic E-state index is 12.2. The van der Waals surface area contributed by atoms with Crippen molar-refractivity contribution >= 4 is 17.2 Å². The Labute approximate surface area is 135 Å². The van der Waals surface area contributed by atoms with Gasteiger partial charge in [-0.25, -0.2) is 4.98 Å². The van der Waals surface area contributed by atoms with Crippen LogP contribution in [0.2, 0.25) is 0 Å². The first kappa shape index (κ1) is 16.6. The van der Waals surface area contributed by atoms with Gasteiger partial charge in [-0.05, 0) is 17.9 Å². The van der Waals surface area contributed by atoms with Gasteiger partial charge in [-0.15, -0.1) is 11.3 Å². The number of thiazole rings is 1. The molecule has 2 aromatic rings. The van der Waals surface area contributed by atoms with Crippen LogP contribution < -0.4 is 11.1 Å². The lowest BCUT2D eigenvalue weighted by Crippen LogP contribution is -2.41. The van der Waals surface area contributed by atoms with Gasteiger partial charge in [0.25, 0.3) is 5.91 Å². The van der Waals surface area contributed by atoms with Crippen molar-refractivity contribution in [2.45, 2.75) is 32.7 Å². The van der Waals surface area contributed by atoms with E-state index in [1.54, 1.807) is 0 Å². The van der Waals surface area contributed by atoms with E-state index in [1.807, 2.05) is 23.6 Å². The van der Waals surface area contributed by atoms with Crippen LogP contribution in [0, 0.1) is 5.92 Å². The molecule has 5 heteroatoms. The molecule has 0 spiro atoms. The van der Waals surface area contributed by atoms with Crippen molar-refractivity contribution in [3.05, 3.63) is 52.0 Å². The summed E-state index contributed by atoms with van der Waals surface area (Å²) in [6.45, 7) is 4.69. The fourth-order valence-corrected chi connectivity index (χ4v) is 3.12. The Balaban J connectivity index is 1.96. The van der Waals surface area contributed by atoms with Crippen molar-refractivity contribution in [2.75, 3.05) is 6.54 Å². The van der Waals surface area contributed by atoms with Crippen LogP contribution in [-0.4, -0.2) is 23.5 Å². The minimum atomic E-state index is -0.133. The van der Waals surface area contributed by atoms with E-state index in [4.69, 9.17) is 5.73 Å². The number of amides is 1. The number of carbonyl (C=O) groups is 1. The van der Waals surface area contributed by atoms with E-state index < -0.39 is 0 Å². The summed E-state index contributed by atoms with van der Waals surface area (Å²) < 4.78 is 0. The summed E-state index contributed by atoms with van der Waals surface area (Å²) >= 11 is 1.52. The molecule has 0 radical (unpaired) electrons. The number of nitrogens with one attached hydrogen (secondary N) is 1. The first-order chi connectivity index (χ1) is 10.6. The Bertz CT molecular complexity index is 595. The van der Waals surface area contributed by atoms with Crippen LogP contribution in [0.4, 0.5) is 0 Å². The topological polar surface area (TPSA) is 68.0 Å². The highest BCUT2D eigenvalue weighted by Gasteiger charge is 2.16. The molecule has 0 saturated heterocycles. The molecule has 0 saturated carbocycles. The van der Waals surface area contributed by atoms with Crippen LogP contribution in [-0.2, 0) is 6.42 Å². The molecular weight excluding hydrogens is 294 g/mol. The second-order valence-electron chi connectivity index (χ2n) is 5.82. The molecular formula is C17H23N3OS. The molecule has 3 N–H and O–H groups in total. The first-order valence-electron chi connectivity index (χ1n) is 7.57. The maximum Gasteiger partial charge on any atom is 0.271 e. The molecule has 0 fully saturated rings. The number of aromatic nitrogens is 1. The molecule has 4 nitrogen and oxygen atoms in total. The molecule has 2 rings (SSSR count). The zero-order valence-electron chi connectivity index (χ0n) is 13.1. The van der Waals surface area contributed by atoms with Crippen molar-refractivity contribution in [2.24, 2.45) is 11.7 Å². The van der Waals surface area contributed by atoms with Crippen molar-refractivity contribution < 1.29 is 4.79 Å². The van der Waals surface area contributed by atoms with Crippen molar-refractivity contribution in [3.63, 3.8) is 0 Å². The minimum Gasteiger partial charge on any atom is -0.347 e. The molecule has 0 aliphatic carbocycles. The molecule has 0 aliphatic rings. The smallest absolute Gasteiger partial charge is 0.271 e. The van der Waals surface area contributed by atoms with Crippen molar-refractivity contribution in [3.8, 4) is 0 Å². The normalized spacial score (nSPS) is 12.4. The highest BCUT2D eigenvalue weighted by atomic mass is 32.1. The largest absolute Gasteiger partial charge is 0.347 e. The van der Waals surface area contributed by atoms with Gasteiger partial charge in [0.1, 0.15) is 5.69 Å². The number of rotatable bonds is 7. The Morgan fingerprint density at radius 3 is 2.68 bits per heavy atom. The monoisotopic (exact) mass is 317 g/mol. The molecule has 0 bridgehead atoms. The summed E-state index contributed by atoms with van der Waals surface area (Å²) in [7, 11) is 0. The van der Waals surface area contributed by atoms with Gasteiger partial charge in [-0.1, -0.05) is 44.2 Å². The third-order valence-electron chi connectivity index (χ3n) is 3.36. The third kappa shape index (κ3) is 4.93. The lowest BCUT2D eigenvalue weighted by Gasteiger charge is -2.18. The van der Waals surface area contributed by atoms with E-state index in [0.717, 1.165) is 17.8 Å². The number of benzene rings is 1. The van der Waals surface area contributed by atoms with Crippen LogP contribution in [0.15, 0.2) is 35.7 Å². The number of nitrogens with two attached hydrogens (primary N) is 1. The summed E-state index contributed by atoms with van der Waals surface area (Å²) in [5, 5.41) is 5.74. The Hall–Kier alpha value is -1.72. The molecule has 1 aromatic heterocycles. The second kappa shape index (κ2) is 8.06. The summed E-state index contributed by atoms with van der Waals surface area (Å²) in [6, 6.07) is 10.1. The summed E-state index contributed by atoms with van der Waals surface area (Å²) in [5.41, 5.74) is 7.40. The van der Waals surface area contributed by atoms with E-state index >= 15 is 0 Å². The summed E-state index contributed by atoms with van der Waals surface area (Å²) in [4.78, 5) is 16.7. The predicted molar refractivity (Wildman–Crippen MR) is 91.1 cm³/mol. The van der Waals surface area contributed by atoms with E-state index in [9.17, 15) is 4.79 Å². The lowest BCUT2D eigenvalue weighted by atomic mass is 10.0. The Morgan fingerprint density at radius 1 is 1.32 bits per heavy atom. The average molecular weight is 317 g/mol. The van der Waals surface area contributed by atoms with Crippen LogP contribution in [0.1, 0.15) is 41.3 Å². The molecule has 1 atom stereocenters. The maximum absolute atomic E-state index is 12.2. The second-order valence-corrected chi connectivity index (χ2v) is 6.77. The molecule has 1 amide bonds. The van der Waals surface area contributed by atoms with Crippen LogP contribution in [0.5, 0.6) is 0 Å². The molecule has 22 heavy (non-hydrogen) atoms. The van der Waals surface area contributed by atoms with Crippen molar-refractivity contribution in [1.82, 2.24) is 10.3 Å². The van der Waals surface area contributed by atoms with Gasteiger partial charge < -0.3 is 11.1 Å². The van der Waals surface area contributed by atoms with Crippen molar-refractivity contribution in [1.29, 1.82) is 0 Å². The average Bonchev–Trinajstić information content (AvgIpc) is 2.95. The van der Waals surface area contributed by atoms with E-state index in [1.165, 1.54) is 16.9 Å². The van der Waals surface area contributed by atoms with Gasteiger partial charge in [0.05, 0.1) is 5.01 Å². The number of carbonyl (C=O) groups excluding carboxylic acids is 1. The Kier molecular flexibility index (Phi) is 6.10. The summed E-state index contributed by atoms with van der Waals surface area (Å²) in [5.74, 6) is 0.365. The van der Waals surface area contributed by atoms with Crippen LogP contribution in [0.25, 0.3) is 0 Å². The number of hydrogen-bond acceptors (Lipinski definition) is 4. The minimum absolute atomic E-state index is 0.00627. The van der Waals surface area contributed by atoms with Crippen LogP contribution >= 0.6 is 11.3 Å². The Morgan fingerprint density at radius 2 is 2.05 bits per heavy atom. The predicted octanol–water partition coefficient (Wildman–Crippen LogP) is 2.84. The number of nitrogens with zero attached hydrogens (tertiary/aromatic N) is 1. The molecule has 1 unspecified atom stereocenters. The third-order valence-corrected chi connectivity index (χ3v) is 4.21. The zero-order valence-corrected chi connectivity index (χ0v) is 13.9. The van der Waals surface area contributed by atoms with Gasteiger partial charge in [0, 0.05) is 24.4 Å². The molecule has 0 aliphatic heterocycles. The first-order valence-corrected chi connectivity index (χ1v) is 8.45. The van der Waals surface area contributed by atoms with Crippen LogP contribution in [0.3, 0.4) is 0 Å². The van der Waals surface area contributed by atoms with Gasteiger partial charge in [-0.2, -0.15) is 0 Å². The molecule has 1 heterocycles. The molecule has 118 valence electrons. The van der Waals surface area contributed by atoms with Gasteiger partial charge >= 0.3 is 0 Å². The zero-order chi connectivity index (χ0) is 15.9.